The number of terminal acetylenes is 1. The zero-order chi connectivity index (χ0) is 19.8. The lowest BCUT2D eigenvalue weighted by Gasteiger charge is -2.42. The molecule has 1 aromatic carbocycles. The van der Waals surface area contributed by atoms with E-state index in [1.807, 2.05) is 0 Å². The quantitative estimate of drug-likeness (QED) is 0.763. The van der Waals surface area contributed by atoms with Gasteiger partial charge in [0, 0.05) is 5.69 Å². The van der Waals surface area contributed by atoms with E-state index in [1.165, 1.54) is 4.90 Å². The van der Waals surface area contributed by atoms with Crippen LogP contribution in [0, 0.1) is 17.8 Å². The lowest BCUT2D eigenvalue weighted by Crippen LogP contribution is -2.55. The predicted molar refractivity (Wildman–Crippen MR) is 104 cm³/mol. The number of amides is 1. The van der Waals surface area contributed by atoms with Crippen LogP contribution in [0.2, 0.25) is 5.02 Å². The second-order valence-electron chi connectivity index (χ2n) is 8.26. The number of ether oxygens (including phenoxy) is 1. The van der Waals surface area contributed by atoms with Crippen LogP contribution in [0.15, 0.2) is 18.2 Å². The zero-order valence-electron chi connectivity index (χ0n) is 15.6. The Morgan fingerprint density at radius 2 is 1.93 bits per heavy atom. The van der Waals surface area contributed by atoms with Gasteiger partial charge in [-0.3, -0.25) is 9.69 Å². The highest BCUT2D eigenvalue weighted by Gasteiger charge is 2.49. The number of carboxylic acid groups (broad SMARTS) is 1. The lowest BCUT2D eigenvalue weighted by atomic mass is 9.70. The van der Waals surface area contributed by atoms with Crippen molar-refractivity contribution in [2.75, 3.05) is 4.90 Å². The van der Waals surface area contributed by atoms with Gasteiger partial charge in [-0.2, -0.15) is 0 Å². The van der Waals surface area contributed by atoms with Crippen molar-refractivity contribution < 1.29 is 19.4 Å². The van der Waals surface area contributed by atoms with E-state index < -0.39 is 17.4 Å². The molecule has 0 bridgehead atoms. The van der Waals surface area contributed by atoms with Crippen molar-refractivity contribution in [3.8, 4) is 18.1 Å². The Balaban J connectivity index is 1.90. The molecule has 0 heterocycles. The predicted octanol–water partition coefficient (Wildman–Crippen LogP) is 4.27. The van der Waals surface area contributed by atoms with Crippen LogP contribution >= 0.6 is 11.6 Å². The number of nitrogens with zero attached hydrogens (tertiary/aromatic N) is 1. The number of benzene rings is 1. The summed E-state index contributed by atoms with van der Waals surface area (Å²) in [6.45, 7) is 4.38. The van der Waals surface area contributed by atoms with Crippen molar-refractivity contribution in [3.63, 3.8) is 0 Å². The highest BCUT2D eigenvalue weighted by molar-refractivity contribution is 6.32. The van der Waals surface area contributed by atoms with E-state index in [-0.39, 0.29) is 11.5 Å². The summed E-state index contributed by atoms with van der Waals surface area (Å²) in [7, 11) is 0. The summed E-state index contributed by atoms with van der Waals surface area (Å²) in [4.78, 5) is 25.7. The second-order valence-corrected chi connectivity index (χ2v) is 8.66. The van der Waals surface area contributed by atoms with Crippen molar-refractivity contribution in [1.29, 1.82) is 0 Å². The van der Waals surface area contributed by atoms with Gasteiger partial charge in [0.25, 0.3) is 0 Å². The largest absolute Gasteiger partial charge is 0.489 e. The van der Waals surface area contributed by atoms with Crippen LogP contribution in [-0.2, 0) is 9.59 Å². The average Bonchev–Trinajstić information content (AvgIpc) is 3.06. The molecule has 6 heteroatoms. The molecule has 2 fully saturated rings. The van der Waals surface area contributed by atoms with Gasteiger partial charge < -0.3 is 9.84 Å². The van der Waals surface area contributed by atoms with Crippen LogP contribution in [0.4, 0.5) is 5.69 Å². The van der Waals surface area contributed by atoms with E-state index in [9.17, 15) is 14.7 Å². The van der Waals surface area contributed by atoms with Crippen LogP contribution in [0.5, 0.6) is 5.75 Å². The Morgan fingerprint density at radius 3 is 2.41 bits per heavy atom. The van der Waals surface area contributed by atoms with Crippen LogP contribution in [0.25, 0.3) is 0 Å². The van der Waals surface area contributed by atoms with Gasteiger partial charge in [-0.25, -0.2) is 4.79 Å². The molecule has 0 aromatic heterocycles. The Hall–Kier alpha value is -2.19. The van der Waals surface area contributed by atoms with Crippen molar-refractivity contribution in [3.05, 3.63) is 23.2 Å². The van der Waals surface area contributed by atoms with Gasteiger partial charge in [0.2, 0.25) is 0 Å². The molecular formula is C21H24ClNO4. The fourth-order valence-electron chi connectivity index (χ4n) is 4.28. The van der Waals surface area contributed by atoms with E-state index in [0.29, 0.717) is 29.3 Å². The maximum Gasteiger partial charge on any atom is 0.330 e. The molecule has 0 unspecified atom stereocenters. The number of carbonyl (C=O) groups excluding carboxylic acids is 1. The number of hydrogen-bond acceptors (Lipinski definition) is 3. The minimum atomic E-state index is -1.33. The molecule has 144 valence electrons. The number of carbonyl (C=O) groups is 2. The number of anilines is 1. The third-order valence-electron chi connectivity index (χ3n) is 5.61. The van der Waals surface area contributed by atoms with Crippen LogP contribution in [0.3, 0.4) is 0 Å². The van der Waals surface area contributed by atoms with Gasteiger partial charge in [0.1, 0.15) is 11.3 Å². The summed E-state index contributed by atoms with van der Waals surface area (Å²) in [5, 5.41) is 10.2. The molecule has 27 heavy (non-hydrogen) atoms. The van der Waals surface area contributed by atoms with E-state index in [4.69, 9.17) is 22.8 Å². The zero-order valence-corrected chi connectivity index (χ0v) is 16.4. The molecule has 0 atom stereocenters. The first-order valence-electron chi connectivity index (χ1n) is 9.19. The normalized spacial score (nSPS) is 20.4. The fraction of sp³-hybridized carbons (Fsp3) is 0.524. The molecule has 1 aromatic rings. The van der Waals surface area contributed by atoms with Crippen LogP contribution < -0.4 is 9.64 Å². The van der Waals surface area contributed by atoms with Gasteiger partial charge in [0.05, 0.1) is 11.1 Å². The van der Waals surface area contributed by atoms with Gasteiger partial charge >= 0.3 is 11.9 Å². The molecule has 0 spiro atoms. The number of aliphatic carboxylic acids is 1. The van der Waals surface area contributed by atoms with Crippen molar-refractivity contribution in [2.45, 2.75) is 64.0 Å². The molecule has 0 aliphatic heterocycles. The summed E-state index contributed by atoms with van der Waals surface area (Å²) < 4.78 is 5.94. The van der Waals surface area contributed by atoms with Gasteiger partial charge in [-0.05, 0) is 55.2 Å². The first-order valence-corrected chi connectivity index (χ1v) is 9.57. The summed E-state index contributed by atoms with van der Waals surface area (Å²) in [5.41, 5.74) is -0.662. The molecular weight excluding hydrogens is 366 g/mol. The average molecular weight is 390 g/mol. The van der Waals surface area contributed by atoms with Crippen LogP contribution in [0.1, 0.15) is 52.4 Å². The summed E-state index contributed by atoms with van der Waals surface area (Å²) in [5.74, 6) is 0.874. The molecule has 0 saturated heterocycles. The number of carboxylic acids is 1. The monoisotopic (exact) mass is 389 g/mol. The van der Waals surface area contributed by atoms with Gasteiger partial charge in [-0.15, -0.1) is 6.42 Å². The first-order chi connectivity index (χ1) is 12.7. The topological polar surface area (TPSA) is 66.8 Å². The fourth-order valence-corrected chi connectivity index (χ4v) is 4.50. The Labute approximate surface area is 164 Å². The summed E-state index contributed by atoms with van der Waals surface area (Å²) in [6, 6.07) is 4.91. The standard InChI is InChI=1S/C21H24ClNO4/c1-4-18(24)23(21(19(25)26)9-5-6-10-21)14-7-8-17(16(22)11-14)27-15-12-20(2,3)13-15/h1,7-8,11,15H,5-6,9-10,12-13H2,2-3H3,(H,25,26). The Kier molecular flexibility index (Phi) is 5.14. The SMILES string of the molecule is C#CC(=O)N(c1ccc(OC2CC(C)(C)C2)c(Cl)c1)C1(C(=O)O)CCCC1. The van der Waals surface area contributed by atoms with E-state index >= 15 is 0 Å². The third-order valence-corrected chi connectivity index (χ3v) is 5.91. The first kappa shape index (κ1) is 19.6. The minimum absolute atomic E-state index is 0.118. The molecule has 2 aliphatic carbocycles. The third kappa shape index (κ3) is 3.64. The van der Waals surface area contributed by atoms with Gasteiger partial charge in [0.15, 0.2) is 0 Å². The second kappa shape index (κ2) is 7.09. The molecule has 2 aliphatic rings. The minimum Gasteiger partial charge on any atom is -0.489 e. The van der Waals surface area contributed by atoms with Crippen molar-refractivity contribution in [1.82, 2.24) is 0 Å². The van der Waals surface area contributed by atoms with E-state index in [2.05, 4.69) is 19.8 Å². The smallest absolute Gasteiger partial charge is 0.330 e. The molecule has 1 amide bonds. The lowest BCUT2D eigenvalue weighted by molar-refractivity contribution is -0.144. The van der Waals surface area contributed by atoms with Gasteiger partial charge in [-0.1, -0.05) is 38.3 Å². The molecule has 5 nitrogen and oxygen atoms in total. The molecule has 2 saturated carbocycles. The summed E-state index contributed by atoms with van der Waals surface area (Å²) >= 11 is 6.39. The highest BCUT2D eigenvalue weighted by atomic mass is 35.5. The van der Waals surface area contributed by atoms with E-state index in [1.54, 1.807) is 18.2 Å². The summed E-state index contributed by atoms with van der Waals surface area (Å²) in [6.07, 6.45) is 9.54. The molecule has 1 N–H and O–H groups in total. The Morgan fingerprint density at radius 1 is 1.30 bits per heavy atom. The molecule has 3 rings (SSSR count). The molecule has 0 radical (unpaired) electrons. The number of hydrogen-bond donors (Lipinski definition) is 1. The highest BCUT2D eigenvalue weighted by Crippen LogP contribution is 2.44. The Bertz CT molecular complexity index is 797. The number of halogens is 1. The number of rotatable bonds is 5. The maximum absolute atomic E-state index is 12.5. The van der Waals surface area contributed by atoms with Crippen molar-refractivity contribution in [2.24, 2.45) is 5.41 Å². The van der Waals surface area contributed by atoms with Crippen molar-refractivity contribution >= 4 is 29.2 Å². The van der Waals surface area contributed by atoms with E-state index in [0.717, 1.165) is 25.7 Å². The van der Waals surface area contributed by atoms with Crippen LogP contribution in [-0.4, -0.2) is 28.6 Å². The maximum atomic E-state index is 12.5.